The van der Waals surface area contributed by atoms with E-state index < -0.39 is 5.97 Å². The second-order valence-corrected chi connectivity index (χ2v) is 6.27. The average Bonchev–Trinajstić information content (AvgIpc) is 3.17. The van der Waals surface area contributed by atoms with Crippen molar-refractivity contribution < 1.29 is 19.7 Å². The third-order valence-electron chi connectivity index (χ3n) is 4.45. The van der Waals surface area contributed by atoms with Gasteiger partial charge in [-0.2, -0.15) is 0 Å². The minimum Gasteiger partial charge on any atom is -0.491 e. The Hall–Kier alpha value is -3.64. The Morgan fingerprint density at radius 2 is 1.57 bits per heavy atom. The van der Waals surface area contributed by atoms with Crippen LogP contribution in [0.2, 0.25) is 0 Å². The molecule has 4 aromatic rings. The molecule has 0 spiro atoms. The number of para-hydroxylation sites is 1. The fourth-order valence-corrected chi connectivity index (χ4v) is 3.07. The van der Waals surface area contributed by atoms with Crippen LogP contribution in [0.4, 0.5) is 0 Å². The number of ether oxygens (including phenoxy) is 1. The molecule has 4 rings (SSSR count). The molecule has 0 radical (unpaired) electrons. The van der Waals surface area contributed by atoms with E-state index in [2.05, 4.69) is 9.97 Å². The van der Waals surface area contributed by atoms with Crippen molar-refractivity contribution in [2.45, 2.75) is 0 Å². The summed E-state index contributed by atoms with van der Waals surface area (Å²) in [5.74, 6) is 0.347. The van der Waals surface area contributed by atoms with E-state index in [0.717, 1.165) is 16.7 Å². The summed E-state index contributed by atoms with van der Waals surface area (Å²) in [6, 6.07) is 20.6. The lowest BCUT2D eigenvalue weighted by atomic mass is 10.0. The highest BCUT2D eigenvalue weighted by atomic mass is 16.5. The Morgan fingerprint density at radius 1 is 0.929 bits per heavy atom. The van der Waals surface area contributed by atoms with E-state index >= 15 is 0 Å². The molecule has 0 saturated carbocycles. The molecular weight excluding hydrogens is 356 g/mol. The number of rotatable bonds is 6. The maximum atomic E-state index is 11.4. The number of nitrogens with one attached hydrogen (secondary N) is 1. The van der Waals surface area contributed by atoms with Crippen molar-refractivity contribution in [2.75, 3.05) is 13.2 Å². The van der Waals surface area contributed by atoms with Gasteiger partial charge in [0.25, 0.3) is 0 Å². The highest BCUT2D eigenvalue weighted by molar-refractivity contribution is 6.01. The Labute approximate surface area is 161 Å². The van der Waals surface area contributed by atoms with Crippen LogP contribution < -0.4 is 4.74 Å². The third-order valence-corrected chi connectivity index (χ3v) is 4.45. The van der Waals surface area contributed by atoms with Gasteiger partial charge in [-0.25, -0.2) is 9.78 Å². The van der Waals surface area contributed by atoms with Crippen LogP contribution in [0, 0.1) is 0 Å². The first-order valence-corrected chi connectivity index (χ1v) is 8.82. The molecule has 0 unspecified atom stereocenters. The lowest BCUT2D eigenvalue weighted by Crippen LogP contribution is -2.01. The van der Waals surface area contributed by atoms with Gasteiger partial charge >= 0.3 is 5.97 Å². The van der Waals surface area contributed by atoms with Crippen molar-refractivity contribution >= 4 is 17.0 Å². The zero-order valence-electron chi connectivity index (χ0n) is 14.9. The van der Waals surface area contributed by atoms with Crippen molar-refractivity contribution in [1.82, 2.24) is 9.97 Å². The first-order valence-electron chi connectivity index (χ1n) is 8.82. The number of imidazole rings is 1. The predicted octanol–water partition coefficient (Wildman–Crippen LogP) is 3.97. The summed E-state index contributed by atoms with van der Waals surface area (Å²) in [4.78, 5) is 19.0. The van der Waals surface area contributed by atoms with Crippen LogP contribution in [0.5, 0.6) is 5.75 Å². The standard InChI is InChI=1S/C22H18N2O4/c25-12-13-28-17-10-8-15(9-11-17)14-4-6-16(7-5-14)21-23-19-3-1-2-18(22(26)27)20(19)24-21/h1-11,25H,12-13H2,(H,23,24)(H,26,27). The van der Waals surface area contributed by atoms with Crippen molar-refractivity contribution in [3.63, 3.8) is 0 Å². The van der Waals surface area contributed by atoms with E-state index in [1.54, 1.807) is 12.1 Å². The minimum absolute atomic E-state index is 0.0149. The van der Waals surface area contributed by atoms with Crippen LogP contribution in [0.3, 0.4) is 0 Å². The average molecular weight is 374 g/mol. The number of carboxylic acid groups (broad SMARTS) is 1. The van der Waals surface area contributed by atoms with E-state index in [1.807, 2.05) is 54.6 Å². The molecule has 0 aliphatic rings. The van der Waals surface area contributed by atoms with E-state index in [0.29, 0.717) is 22.6 Å². The molecule has 1 aromatic heterocycles. The van der Waals surface area contributed by atoms with Gasteiger partial charge in [0.15, 0.2) is 0 Å². The first-order chi connectivity index (χ1) is 13.7. The summed E-state index contributed by atoms with van der Waals surface area (Å²) in [7, 11) is 0. The molecule has 3 aromatic carbocycles. The Kier molecular flexibility index (Phi) is 4.78. The van der Waals surface area contributed by atoms with Crippen LogP contribution in [0.25, 0.3) is 33.5 Å². The van der Waals surface area contributed by atoms with Gasteiger partial charge in [0.05, 0.1) is 17.7 Å². The Morgan fingerprint density at radius 3 is 2.21 bits per heavy atom. The molecule has 6 heteroatoms. The van der Waals surface area contributed by atoms with E-state index in [1.165, 1.54) is 0 Å². The maximum absolute atomic E-state index is 11.4. The molecule has 0 amide bonds. The van der Waals surface area contributed by atoms with Crippen molar-refractivity contribution in [1.29, 1.82) is 0 Å². The normalized spacial score (nSPS) is 10.9. The molecule has 0 saturated heterocycles. The minimum atomic E-state index is -0.995. The Bertz CT molecular complexity index is 1120. The number of H-pyrrole nitrogens is 1. The van der Waals surface area contributed by atoms with Crippen LogP contribution in [-0.4, -0.2) is 39.4 Å². The first kappa shape index (κ1) is 17.8. The summed E-state index contributed by atoms with van der Waals surface area (Å²) in [5.41, 5.74) is 4.28. The number of carbonyl (C=O) groups is 1. The highest BCUT2D eigenvalue weighted by Crippen LogP contribution is 2.27. The van der Waals surface area contributed by atoms with Gasteiger partial charge in [-0.15, -0.1) is 0 Å². The number of aliphatic hydroxyl groups excluding tert-OH is 1. The number of hydrogen-bond acceptors (Lipinski definition) is 4. The van der Waals surface area contributed by atoms with Crippen LogP contribution in [0.1, 0.15) is 10.4 Å². The molecule has 28 heavy (non-hydrogen) atoms. The SMILES string of the molecule is O=C(O)c1cccc2[nH]c(-c3ccc(-c4ccc(OCCO)cc4)cc3)nc12. The third kappa shape index (κ3) is 3.45. The smallest absolute Gasteiger partial charge is 0.337 e. The Balaban J connectivity index is 1.60. The van der Waals surface area contributed by atoms with Gasteiger partial charge in [-0.3, -0.25) is 0 Å². The molecule has 0 atom stereocenters. The summed E-state index contributed by atoms with van der Waals surface area (Å²) >= 11 is 0. The predicted molar refractivity (Wildman–Crippen MR) is 107 cm³/mol. The monoisotopic (exact) mass is 374 g/mol. The van der Waals surface area contributed by atoms with Gasteiger partial charge < -0.3 is 19.9 Å². The molecule has 0 aliphatic heterocycles. The molecule has 0 fully saturated rings. The molecular formula is C22H18N2O4. The maximum Gasteiger partial charge on any atom is 0.337 e. The van der Waals surface area contributed by atoms with Gasteiger partial charge in [0, 0.05) is 5.56 Å². The molecule has 6 nitrogen and oxygen atoms in total. The van der Waals surface area contributed by atoms with Gasteiger partial charge in [-0.05, 0) is 35.4 Å². The topological polar surface area (TPSA) is 95.4 Å². The van der Waals surface area contributed by atoms with Gasteiger partial charge in [0.2, 0.25) is 0 Å². The zero-order valence-corrected chi connectivity index (χ0v) is 14.9. The fourth-order valence-electron chi connectivity index (χ4n) is 3.07. The van der Waals surface area contributed by atoms with E-state index in [4.69, 9.17) is 9.84 Å². The number of aromatic amines is 1. The van der Waals surface area contributed by atoms with E-state index in [-0.39, 0.29) is 18.8 Å². The van der Waals surface area contributed by atoms with Crippen molar-refractivity contribution in [3.05, 3.63) is 72.3 Å². The molecule has 0 aliphatic carbocycles. The number of benzene rings is 3. The summed E-state index contributed by atoms with van der Waals surface area (Å²) in [6.45, 7) is 0.258. The molecule has 1 heterocycles. The number of carboxylic acids is 1. The zero-order chi connectivity index (χ0) is 19.5. The highest BCUT2D eigenvalue weighted by Gasteiger charge is 2.13. The van der Waals surface area contributed by atoms with Gasteiger partial charge in [-0.1, -0.05) is 42.5 Å². The van der Waals surface area contributed by atoms with Crippen LogP contribution in [0.15, 0.2) is 66.7 Å². The van der Waals surface area contributed by atoms with Gasteiger partial charge in [0.1, 0.15) is 23.7 Å². The van der Waals surface area contributed by atoms with E-state index in [9.17, 15) is 9.90 Å². The molecule has 0 bridgehead atoms. The number of nitrogens with zero attached hydrogens (tertiary/aromatic N) is 1. The quantitative estimate of drug-likeness (QED) is 0.475. The van der Waals surface area contributed by atoms with Crippen LogP contribution >= 0.6 is 0 Å². The second kappa shape index (κ2) is 7.54. The van der Waals surface area contributed by atoms with Crippen LogP contribution in [-0.2, 0) is 0 Å². The largest absolute Gasteiger partial charge is 0.491 e. The number of aliphatic hydroxyl groups is 1. The molecule has 3 N–H and O–H groups in total. The van der Waals surface area contributed by atoms with Crippen molar-refractivity contribution in [3.8, 4) is 28.3 Å². The molecule has 140 valence electrons. The lowest BCUT2D eigenvalue weighted by molar-refractivity contribution is 0.0699. The lowest BCUT2D eigenvalue weighted by Gasteiger charge is -2.06. The summed E-state index contributed by atoms with van der Waals surface area (Å²) in [5, 5.41) is 18.1. The fraction of sp³-hybridized carbons (Fsp3) is 0.0909. The summed E-state index contributed by atoms with van der Waals surface area (Å²) in [6.07, 6.45) is 0. The second-order valence-electron chi connectivity index (χ2n) is 6.27. The van der Waals surface area contributed by atoms with Crippen molar-refractivity contribution in [2.24, 2.45) is 0 Å². The number of aromatic nitrogens is 2. The number of aromatic carboxylic acids is 1. The number of hydrogen-bond donors (Lipinski definition) is 3. The number of fused-ring (bicyclic) bond motifs is 1. The summed E-state index contributed by atoms with van der Waals surface area (Å²) < 4.78 is 5.37.